The van der Waals surface area contributed by atoms with Crippen LogP contribution in [0.2, 0.25) is 0 Å². The summed E-state index contributed by atoms with van der Waals surface area (Å²) in [6.07, 6.45) is 0. The maximum absolute atomic E-state index is 5.47. The van der Waals surface area contributed by atoms with Crippen LogP contribution in [0.1, 0.15) is 0 Å². The highest BCUT2D eigenvalue weighted by atomic mass is 16.5. The summed E-state index contributed by atoms with van der Waals surface area (Å²) in [5.74, 6) is 0. The Hall–Kier alpha value is -0.280. The van der Waals surface area contributed by atoms with Gasteiger partial charge in [-0.05, 0) is 14.1 Å². The zero-order chi connectivity index (χ0) is 15.8. The molecule has 4 N–H and O–H groups in total. The number of hydrogen-bond acceptors (Lipinski definition) is 7. The molecule has 0 aromatic carbocycles. The lowest BCUT2D eigenvalue weighted by atomic mass is 10.5. The molecule has 0 aliphatic carbocycles. The fourth-order valence-electron chi connectivity index (χ4n) is 1.65. The molecule has 0 saturated carbocycles. The van der Waals surface area contributed by atoms with Crippen LogP contribution < -0.4 is 11.5 Å². The van der Waals surface area contributed by atoms with Gasteiger partial charge in [0.05, 0.1) is 39.6 Å². The second kappa shape index (κ2) is 16.1. The third-order valence-corrected chi connectivity index (χ3v) is 3.00. The topological polar surface area (TPSA) is 86.2 Å². The molecule has 0 aromatic heterocycles. The van der Waals surface area contributed by atoms with Crippen LogP contribution >= 0.6 is 0 Å². The third kappa shape index (κ3) is 15.9. The molecule has 7 nitrogen and oxygen atoms in total. The molecule has 0 saturated heterocycles. The van der Waals surface area contributed by atoms with E-state index in [-0.39, 0.29) is 0 Å². The first-order valence-corrected chi connectivity index (χ1v) is 7.71. The van der Waals surface area contributed by atoms with Crippen LogP contribution in [0.3, 0.4) is 0 Å². The highest BCUT2D eigenvalue weighted by Crippen LogP contribution is 1.85. The van der Waals surface area contributed by atoms with E-state index in [0.29, 0.717) is 52.7 Å². The smallest absolute Gasteiger partial charge is 0.0701 e. The fourth-order valence-corrected chi connectivity index (χ4v) is 1.65. The minimum absolute atomic E-state index is 0.608. The average Bonchev–Trinajstić information content (AvgIpc) is 2.45. The molecule has 0 atom stereocenters. The van der Waals surface area contributed by atoms with Crippen molar-refractivity contribution in [1.29, 1.82) is 0 Å². The zero-order valence-electron chi connectivity index (χ0n) is 13.8. The van der Waals surface area contributed by atoms with Crippen LogP contribution in [0.25, 0.3) is 0 Å². The van der Waals surface area contributed by atoms with Gasteiger partial charge < -0.3 is 35.5 Å². The lowest BCUT2D eigenvalue weighted by Crippen LogP contribution is -2.29. The van der Waals surface area contributed by atoms with E-state index in [2.05, 4.69) is 9.80 Å². The highest BCUT2D eigenvalue weighted by molar-refractivity contribution is 4.51. The van der Waals surface area contributed by atoms with E-state index in [9.17, 15) is 0 Å². The number of rotatable bonds is 16. The normalized spacial score (nSPS) is 11.7. The SMILES string of the molecule is CN(CCN)CCOCCOCCOCCN(C)CCN. The molecule has 0 fully saturated rings. The van der Waals surface area contributed by atoms with Gasteiger partial charge >= 0.3 is 0 Å². The van der Waals surface area contributed by atoms with Gasteiger partial charge in [-0.15, -0.1) is 0 Å². The Balaban J connectivity index is 3.09. The van der Waals surface area contributed by atoms with Crippen molar-refractivity contribution in [1.82, 2.24) is 9.80 Å². The summed E-state index contributed by atoms with van der Waals surface area (Å²) in [4.78, 5) is 4.30. The van der Waals surface area contributed by atoms with Gasteiger partial charge in [-0.2, -0.15) is 0 Å². The van der Waals surface area contributed by atoms with E-state index in [1.165, 1.54) is 0 Å². The Morgan fingerprint density at radius 2 is 0.905 bits per heavy atom. The van der Waals surface area contributed by atoms with E-state index in [4.69, 9.17) is 25.7 Å². The molecule has 0 radical (unpaired) electrons. The van der Waals surface area contributed by atoms with Crippen molar-refractivity contribution in [2.75, 3.05) is 93.0 Å². The van der Waals surface area contributed by atoms with E-state index in [0.717, 1.165) is 26.2 Å². The van der Waals surface area contributed by atoms with Gasteiger partial charge in [-0.25, -0.2) is 0 Å². The van der Waals surface area contributed by atoms with Crippen molar-refractivity contribution in [3.63, 3.8) is 0 Å². The first-order valence-electron chi connectivity index (χ1n) is 7.71. The molecular formula is C14H34N4O3. The summed E-state index contributed by atoms with van der Waals surface area (Å²) in [5, 5.41) is 0. The summed E-state index contributed by atoms with van der Waals surface area (Å²) in [6, 6.07) is 0. The van der Waals surface area contributed by atoms with Crippen LogP contribution in [0.15, 0.2) is 0 Å². The van der Waals surface area contributed by atoms with Crippen molar-refractivity contribution in [2.24, 2.45) is 11.5 Å². The van der Waals surface area contributed by atoms with Crippen LogP contribution in [0, 0.1) is 0 Å². The van der Waals surface area contributed by atoms with Crippen LogP contribution in [0.4, 0.5) is 0 Å². The maximum Gasteiger partial charge on any atom is 0.0701 e. The van der Waals surface area contributed by atoms with Crippen molar-refractivity contribution in [2.45, 2.75) is 0 Å². The van der Waals surface area contributed by atoms with E-state index in [1.807, 2.05) is 14.1 Å². The lowest BCUT2D eigenvalue weighted by molar-refractivity contribution is 0.00910. The molecule has 0 heterocycles. The monoisotopic (exact) mass is 306 g/mol. The molecule has 7 heteroatoms. The van der Waals surface area contributed by atoms with Gasteiger partial charge in [0.25, 0.3) is 0 Å². The highest BCUT2D eigenvalue weighted by Gasteiger charge is 1.97. The largest absolute Gasteiger partial charge is 0.378 e. The molecule has 0 aliphatic heterocycles. The molecule has 0 spiro atoms. The van der Waals surface area contributed by atoms with Crippen molar-refractivity contribution >= 4 is 0 Å². The minimum atomic E-state index is 0.608. The van der Waals surface area contributed by atoms with Crippen LogP contribution in [0.5, 0.6) is 0 Å². The first-order chi connectivity index (χ1) is 10.2. The second-order valence-electron chi connectivity index (χ2n) is 5.02. The van der Waals surface area contributed by atoms with Crippen molar-refractivity contribution in [3.05, 3.63) is 0 Å². The standard InChI is InChI=1S/C14H34N4O3/c1-17(5-3-15)7-9-19-11-13-21-14-12-20-10-8-18(2)6-4-16/h3-16H2,1-2H3. The van der Waals surface area contributed by atoms with Gasteiger partial charge in [0.1, 0.15) is 0 Å². The minimum Gasteiger partial charge on any atom is -0.378 e. The van der Waals surface area contributed by atoms with E-state index in [1.54, 1.807) is 0 Å². The predicted molar refractivity (Wildman–Crippen MR) is 85.6 cm³/mol. The molecular weight excluding hydrogens is 272 g/mol. The molecule has 0 rings (SSSR count). The molecule has 0 unspecified atom stereocenters. The zero-order valence-corrected chi connectivity index (χ0v) is 13.8. The van der Waals surface area contributed by atoms with E-state index >= 15 is 0 Å². The number of hydrogen-bond donors (Lipinski definition) is 2. The van der Waals surface area contributed by atoms with Gasteiger partial charge in [0, 0.05) is 39.3 Å². The number of ether oxygens (including phenoxy) is 3. The Morgan fingerprint density at radius 1 is 0.571 bits per heavy atom. The van der Waals surface area contributed by atoms with Crippen LogP contribution in [-0.4, -0.2) is 103 Å². The average molecular weight is 306 g/mol. The van der Waals surface area contributed by atoms with Gasteiger partial charge in [0.15, 0.2) is 0 Å². The summed E-state index contributed by atoms with van der Waals surface area (Å²) < 4.78 is 16.4. The quantitative estimate of drug-likeness (QED) is 0.347. The molecule has 128 valence electrons. The van der Waals surface area contributed by atoms with Crippen molar-refractivity contribution in [3.8, 4) is 0 Å². The summed E-state index contributed by atoms with van der Waals surface area (Å²) in [6.45, 7) is 8.85. The number of nitrogens with zero attached hydrogens (tertiary/aromatic N) is 2. The van der Waals surface area contributed by atoms with Crippen LogP contribution in [-0.2, 0) is 14.2 Å². The van der Waals surface area contributed by atoms with E-state index < -0.39 is 0 Å². The predicted octanol–water partition coefficient (Wildman–Crippen LogP) is -1.18. The summed E-state index contributed by atoms with van der Waals surface area (Å²) in [5.41, 5.74) is 10.9. The molecule has 0 aromatic rings. The maximum atomic E-state index is 5.47. The molecule has 0 bridgehead atoms. The van der Waals surface area contributed by atoms with Gasteiger partial charge in [-0.1, -0.05) is 0 Å². The van der Waals surface area contributed by atoms with Gasteiger partial charge in [0.2, 0.25) is 0 Å². The first kappa shape index (κ1) is 20.7. The fraction of sp³-hybridized carbons (Fsp3) is 1.00. The second-order valence-corrected chi connectivity index (χ2v) is 5.02. The summed E-state index contributed by atoms with van der Waals surface area (Å²) in [7, 11) is 4.07. The third-order valence-electron chi connectivity index (χ3n) is 3.00. The Labute approximate surface area is 129 Å². The Bertz CT molecular complexity index is 191. The Kier molecular flexibility index (Phi) is 15.9. The molecule has 0 amide bonds. The van der Waals surface area contributed by atoms with Gasteiger partial charge in [-0.3, -0.25) is 0 Å². The number of likely N-dealkylation sites (N-methyl/N-ethyl adjacent to an activating group) is 2. The molecule has 21 heavy (non-hydrogen) atoms. The lowest BCUT2D eigenvalue weighted by Gasteiger charge is -2.15. The summed E-state index contributed by atoms with van der Waals surface area (Å²) >= 11 is 0. The molecule has 0 aliphatic rings. The van der Waals surface area contributed by atoms with Crippen molar-refractivity contribution < 1.29 is 14.2 Å². The Morgan fingerprint density at radius 3 is 1.24 bits per heavy atom. The number of nitrogens with two attached hydrogens (primary N) is 2.